The molecule has 1 aromatic rings. The van der Waals surface area contributed by atoms with Gasteiger partial charge in [0.05, 0.1) is 5.41 Å². The van der Waals surface area contributed by atoms with Gasteiger partial charge in [0.2, 0.25) is 5.91 Å². The van der Waals surface area contributed by atoms with Crippen molar-refractivity contribution in [2.24, 2.45) is 0 Å². The highest BCUT2D eigenvalue weighted by Crippen LogP contribution is 2.50. The van der Waals surface area contributed by atoms with Gasteiger partial charge in [0, 0.05) is 24.1 Å². The van der Waals surface area contributed by atoms with Crippen molar-refractivity contribution in [2.45, 2.75) is 24.7 Å². The molecule has 5 heteroatoms. The highest BCUT2D eigenvalue weighted by molar-refractivity contribution is 9.10. The van der Waals surface area contributed by atoms with E-state index in [9.17, 15) is 4.79 Å². The zero-order valence-electron chi connectivity index (χ0n) is 11.4. The lowest BCUT2D eigenvalue weighted by molar-refractivity contribution is -0.133. The molecule has 2 aliphatic rings. The predicted octanol–water partition coefficient (Wildman–Crippen LogP) is 2.72. The lowest BCUT2D eigenvalue weighted by Crippen LogP contribution is -2.41. The van der Waals surface area contributed by atoms with Gasteiger partial charge in [-0.05, 0) is 43.5 Å². The summed E-state index contributed by atoms with van der Waals surface area (Å²) < 4.78 is 1.06. The largest absolute Gasteiger partial charge is 0.341 e. The molecule has 0 radical (unpaired) electrons. The van der Waals surface area contributed by atoms with E-state index in [1.54, 1.807) is 0 Å². The van der Waals surface area contributed by atoms with Gasteiger partial charge in [-0.1, -0.05) is 28.1 Å². The lowest BCUT2D eigenvalue weighted by atomic mass is 9.94. The second-order valence-electron chi connectivity index (χ2n) is 5.49. The number of carbonyl (C=O) groups is 1. The maximum absolute atomic E-state index is 12.8. The number of carbonyl (C=O) groups excluding carboxylic acids is 1. The first-order valence-electron chi connectivity index (χ1n) is 6.98. The monoisotopic (exact) mass is 358 g/mol. The zero-order chi connectivity index (χ0) is 13.3. The molecule has 0 bridgehead atoms. The molecule has 1 aliphatic heterocycles. The van der Waals surface area contributed by atoms with Crippen molar-refractivity contribution in [1.29, 1.82) is 0 Å². The van der Waals surface area contributed by atoms with Crippen LogP contribution in [0.2, 0.25) is 0 Å². The Morgan fingerprint density at radius 3 is 2.75 bits per heavy atom. The van der Waals surface area contributed by atoms with E-state index in [1.807, 2.05) is 17.0 Å². The molecule has 0 spiro atoms. The fourth-order valence-corrected chi connectivity index (χ4v) is 3.29. The lowest BCUT2D eigenvalue weighted by Gasteiger charge is -2.26. The Bertz CT molecular complexity index is 483. The quantitative estimate of drug-likeness (QED) is 0.880. The van der Waals surface area contributed by atoms with Gasteiger partial charge >= 0.3 is 0 Å². The summed E-state index contributed by atoms with van der Waals surface area (Å²) in [5.41, 5.74) is 0.942. The summed E-state index contributed by atoms with van der Waals surface area (Å²) in [7, 11) is 0. The van der Waals surface area contributed by atoms with Gasteiger partial charge in [0.15, 0.2) is 0 Å². The standard InChI is InChI=1S/C15H19BrN2O.ClH/c16-13-4-1-3-12(11-13)15(5-6-15)14(19)18-9-2-7-17-8-10-18;/h1,3-4,11,17H,2,5-10H2;1H. The SMILES string of the molecule is Cl.O=C(N1CCCNCC1)C1(c2cccc(Br)c2)CC1. The predicted molar refractivity (Wildman–Crippen MR) is 86.4 cm³/mol. The molecule has 1 amide bonds. The molecule has 0 atom stereocenters. The number of rotatable bonds is 2. The Kier molecular flexibility index (Phi) is 5.10. The number of benzene rings is 1. The Balaban J connectivity index is 0.00000147. The Morgan fingerprint density at radius 1 is 1.25 bits per heavy atom. The van der Waals surface area contributed by atoms with Crippen LogP contribution >= 0.6 is 28.3 Å². The minimum absolute atomic E-state index is 0. The summed E-state index contributed by atoms with van der Waals surface area (Å²) in [5.74, 6) is 0.328. The van der Waals surface area contributed by atoms with E-state index in [-0.39, 0.29) is 17.8 Å². The van der Waals surface area contributed by atoms with Crippen molar-refractivity contribution in [3.63, 3.8) is 0 Å². The van der Waals surface area contributed by atoms with Crippen LogP contribution in [0.25, 0.3) is 0 Å². The molecule has 110 valence electrons. The fourth-order valence-electron chi connectivity index (χ4n) is 2.89. The van der Waals surface area contributed by atoms with Gasteiger partial charge in [-0.15, -0.1) is 12.4 Å². The van der Waals surface area contributed by atoms with Crippen molar-refractivity contribution < 1.29 is 4.79 Å². The van der Waals surface area contributed by atoms with Gasteiger partial charge in [-0.3, -0.25) is 4.79 Å². The Morgan fingerprint density at radius 2 is 2.05 bits per heavy atom. The third-order valence-electron chi connectivity index (χ3n) is 4.16. The number of nitrogens with one attached hydrogen (secondary N) is 1. The first-order chi connectivity index (χ1) is 9.22. The van der Waals surface area contributed by atoms with Crippen LogP contribution in [0.3, 0.4) is 0 Å². The second kappa shape index (κ2) is 6.46. The van der Waals surface area contributed by atoms with Crippen molar-refractivity contribution in [1.82, 2.24) is 10.2 Å². The molecule has 2 fully saturated rings. The first-order valence-corrected chi connectivity index (χ1v) is 7.78. The summed E-state index contributed by atoms with van der Waals surface area (Å²) >= 11 is 3.51. The summed E-state index contributed by atoms with van der Waals surface area (Å²) in [6, 6.07) is 8.23. The molecule has 1 heterocycles. The summed E-state index contributed by atoms with van der Waals surface area (Å²) in [4.78, 5) is 14.9. The van der Waals surface area contributed by atoms with E-state index in [0.29, 0.717) is 5.91 Å². The second-order valence-corrected chi connectivity index (χ2v) is 6.40. The van der Waals surface area contributed by atoms with Crippen molar-refractivity contribution in [2.75, 3.05) is 26.2 Å². The molecule has 0 aromatic heterocycles. The molecule has 20 heavy (non-hydrogen) atoms. The average molecular weight is 360 g/mol. The Labute approximate surface area is 134 Å². The molecule has 1 saturated heterocycles. The summed E-state index contributed by atoms with van der Waals surface area (Å²) in [5, 5.41) is 3.35. The van der Waals surface area contributed by atoms with Crippen LogP contribution < -0.4 is 5.32 Å². The van der Waals surface area contributed by atoms with Crippen LogP contribution in [0.15, 0.2) is 28.7 Å². The first kappa shape index (κ1) is 15.8. The van der Waals surface area contributed by atoms with Crippen LogP contribution in [-0.2, 0) is 10.2 Å². The van der Waals surface area contributed by atoms with Gasteiger partial charge in [-0.25, -0.2) is 0 Å². The number of nitrogens with zero attached hydrogens (tertiary/aromatic N) is 1. The fraction of sp³-hybridized carbons (Fsp3) is 0.533. The van der Waals surface area contributed by atoms with Gasteiger partial charge in [0.1, 0.15) is 0 Å². The smallest absolute Gasteiger partial charge is 0.233 e. The van der Waals surface area contributed by atoms with Crippen molar-refractivity contribution in [3.05, 3.63) is 34.3 Å². The van der Waals surface area contributed by atoms with Gasteiger partial charge in [0.25, 0.3) is 0 Å². The van der Waals surface area contributed by atoms with E-state index in [4.69, 9.17) is 0 Å². The third kappa shape index (κ3) is 3.02. The topological polar surface area (TPSA) is 32.3 Å². The molecule has 3 nitrogen and oxygen atoms in total. The van der Waals surface area contributed by atoms with Crippen LogP contribution in [0.5, 0.6) is 0 Å². The zero-order valence-corrected chi connectivity index (χ0v) is 13.8. The molecule has 3 rings (SSSR count). The molecule has 1 aliphatic carbocycles. The van der Waals surface area contributed by atoms with Crippen LogP contribution in [-0.4, -0.2) is 37.0 Å². The van der Waals surface area contributed by atoms with Gasteiger partial charge in [-0.2, -0.15) is 0 Å². The number of amides is 1. The summed E-state index contributed by atoms with van der Waals surface area (Å²) in [6.07, 6.45) is 3.04. The van der Waals surface area contributed by atoms with Crippen LogP contribution in [0.1, 0.15) is 24.8 Å². The number of halogens is 2. The average Bonchev–Trinajstić information content (AvgIpc) is 3.23. The van der Waals surface area contributed by atoms with Crippen molar-refractivity contribution in [3.8, 4) is 0 Å². The van der Waals surface area contributed by atoms with E-state index >= 15 is 0 Å². The number of hydrogen-bond donors (Lipinski definition) is 1. The molecular formula is C15H20BrClN2O. The normalized spacial score (nSPS) is 20.8. The van der Waals surface area contributed by atoms with E-state index in [1.165, 1.54) is 5.56 Å². The maximum atomic E-state index is 12.8. The molecular weight excluding hydrogens is 340 g/mol. The highest BCUT2D eigenvalue weighted by Gasteiger charge is 2.52. The highest BCUT2D eigenvalue weighted by atomic mass is 79.9. The molecule has 1 N–H and O–H groups in total. The minimum atomic E-state index is -0.228. The molecule has 1 saturated carbocycles. The summed E-state index contributed by atoms with van der Waals surface area (Å²) in [6.45, 7) is 3.67. The number of hydrogen-bond acceptors (Lipinski definition) is 2. The minimum Gasteiger partial charge on any atom is -0.341 e. The third-order valence-corrected chi connectivity index (χ3v) is 4.66. The van der Waals surface area contributed by atoms with Crippen LogP contribution in [0.4, 0.5) is 0 Å². The van der Waals surface area contributed by atoms with Gasteiger partial charge < -0.3 is 10.2 Å². The van der Waals surface area contributed by atoms with Crippen molar-refractivity contribution >= 4 is 34.2 Å². The molecule has 0 unspecified atom stereocenters. The van der Waals surface area contributed by atoms with E-state index in [2.05, 4.69) is 33.4 Å². The van der Waals surface area contributed by atoms with E-state index < -0.39 is 0 Å². The molecule has 1 aromatic carbocycles. The Hall–Kier alpha value is -0.580. The van der Waals surface area contributed by atoms with Crippen LogP contribution in [0, 0.1) is 0 Å². The maximum Gasteiger partial charge on any atom is 0.233 e. The van der Waals surface area contributed by atoms with E-state index in [0.717, 1.165) is 49.9 Å².